The van der Waals surface area contributed by atoms with Crippen molar-refractivity contribution >= 4 is 8.80 Å². The van der Waals surface area contributed by atoms with Gasteiger partial charge in [0.1, 0.15) is 0 Å². The van der Waals surface area contributed by atoms with Crippen molar-refractivity contribution in [1.29, 1.82) is 0 Å². The van der Waals surface area contributed by atoms with Crippen LogP contribution in [0.5, 0.6) is 0 Å². The molecule has 0 atom stereocenters. The average molecular weight is 230 g/mol. The molecule has 0 unspecified atom stereocenters. The van der Waals surface area contributed by atoms with Gasteiger partial charge in [0.05, 0.1) is 0 Å². The van der Waals surface area contributed by atoms with E-state index in [1.54, 1.807) is 0 Å². The van der Waals surface area contributed by atoms with E-state index in [0.29, 0.717) is 0 Å². The van der Waals surface area contributed by atoms with Crippen LogP contribution in [0.3, 0.4) is 0 Å². The Morgan fingerprint density at radius 2 is 1.80 bits per heavy atom. The monoisotopic (exact) mass is 228 g/mol. The second-order valence-corrected chi connectivity index (χ2v) is 5.50. The maximum atomic E-state index is 2.99. The average Bonchev–Trinajstić information content (AvgIpc) is 2.11. The normalized spacial score (nSPS) is 12.4. The zero-order valence-electron chi connectivity index (χ0n) is 6.94. The van der Waals surface area contributed by atoms with E-state index in [0.717, 1.165) is 6.42 Å². The molecule has 0 aromatic rings. The van der Waals surface area contributed by atoms with Crippen molar-refractivity contribution < 1.29 is 26.2 Å². The first kappa shape index (κ1) is 13.2. The first-order valence-corrected chi connectivity index (χ1v) is 6.22. The Morgan fingerprint density at radius 1 is 1.30 bits per heavy atom. The van der Waals surface area contributed by atoms with Crippen molar-refractivity contribution in [2.75, 3.05) is 0 Å². The molecular formula is C8H14SiZr-. The quantitative estimate of drug-likeness (QED) is 0.443. The maximum Gasteiger partial charge on any atom is 0.0379 e. The molecule has 0 saturated heterocycles. The van der Waals surface area contributed by atoms with E-state index in [1.165, 1.54) is 0 Å². The van der Waals surface area contributed by atoms with Crippen LogP contribution in [0.1, 0.15) is 6.42 Å². The zero-order valence-corrected chi connectivity index (χ0v) is 10.4. The van der Waals surface area contributed by atoms with E-state index < -0.39 is 0 Å². The molecule has 0 saturated carbocycles. The van der Waals surface area contributed by atoms with Crippen molar-refractivity contribution in [1.82, 2.24) is 0 Å². The summed E-state index contributed by atoms with van der Waals surface area (Å²) in [5, 5.41) is 0. The minimum Gasteiger partial charge on any atom is -0.273 e. The molecule has 0 N–H and O–H groups in total. The Hall–Kier alpha value is 0.580. The fourth-order valence-electron chi connectivity index (χ4n) is 0.340. The minimum atomic E-state index is 0. The van der Waals surface area contributed by atoms with Gasteiger partial charge >= 0.3 is 0 Å². The van der Waals surface area contributed by atoms with Crippen molar-refractivity contribution in [2.24, 2.45) is 0 Å². The molecule has 1 aliphatic carbocycles. The summed E-state index contributed by atoms with van der Waals surface area (Å²) in [6.45, 7) is 6.81. The van der Waals surface area contributed by atoms with Crippen LogP contribution in [-0.2, 0) is 26.2 Å². The summed E-state index contributed by atoms with van der Waals surface area (Å²) in [5.41, 5.74) is 0. The fraction of sp³-hybridized carbons (Fsp3) is 0.500. The van der Waals surface area contributed by atoms with Gasteiger partial charge in [-0.25, -0.2) is 12.2 Å². The summed E-state index contributed by atoms with van der Waals surface area (Å²) < 4.78 is 0. The molecule has 10 heavy (non-hydrogen) atoms. The molecule has 0 amide bonds. The predicted octanol–water partition coefficient (Wildman–Crippen LogP) is 2.67. The van der Waals surface area contributed by atoms with E-state index in [2.05, 4.69) is 31.8 Å². The molecule has 0 bridgehead atoms. The van der Waals surface area contributed by atoms with Crippen LogP contribution < -0.4 is 0 Å². The molecule has 0 heterocycles. The van der Waals surface area contributed by atoms with Gasteiger partial charge in [-0.2, -0.15) is 6.08 Å². The van der Waals surface area contributed by atoms with E-state index >= 15 is 0 Å². The maximum absolute atomic E-state index is 2.99. The number of hydrogen-bond donors (Lipinski definition) is 0. The molecular weight excluding hydrogens is 215 g/mol. The van der Waals surface area contributed by atoms with Crippen molar-refractivity contribution in [3.05, 3.63) is 24.3 Å². The molecule has 0 spiro atoms. The molecule has 1 rings (SSSR count). The smallest absolute Gasteiger partial charge is 0.0379 e. The van der Waals surface area contributed by atoms with Gasteiger partial charge in [0.15, 0.2) is 0 Å². The van der Waals surface area contributed by atoms with Crippen LogP contribution >= 0.6 is 0 Å². The molecule has 0 aromatic carbocycles. The second kappa shape index (κ2) is 9.58. The molecule has 1 aliphatic rings. The third-order valence-corrected chi connectivity index (χ3v) is 0.586. The van der Waals surface area contributed by atoms with Crippen LogP contribution in [0.2, 0.25) is 19.6 Å². The zero-order chi connectivity index (χ0) is 7.11. The standard InChI is InChI=1S/C5H5.C3H9Si.Zr/c1-2-4-5-3-1;1-4(2)3;/h1-3H,4H2;1-3H3;/q-1;;. The van der Waals surface area contributed by atoms with Crippen molar-refractivity contribution in [2.45, 2.75) is 26.1 Å². The largest absolute Gasteiger partial charge is 0.273 e. The van der Waals surface area contributed by atoms with E-state index in [4.69, 9.17) is 0 Å². The van der Waals surface area contributed by atoms with Gasteiger partial charge in [-0.05, 0) is 0 Å². The van der Waals surface area contributed by atoms with Crippen LogP contribution in [0.4, 0.5) is 0 Å². The molecule has 0 aliphatic heterocycles. The summed E-state index contributed by atoms with van der Waals surface area (Å²) in [4.78, 5) is 0. The Kier molecular flexibility index (Phi) is 12.6. The molecule has 2 heteroatoms. The van der Waals surface area contributed by atoms with E-state index in [1.807, 2.05) is 12.2 Å². The number of hydrogen-bond acceptors (Lipinski definition) is 0. The molecule has 1 radical (unpaired) electrons. The molecule has 0 fully saturated rings. The Balaban J connectivity index is 0. The number of rotatable bonds is 0. The topological polar surface area (TPSA) is 0 Å². The van der Waals surface area contributed by atoms with E-state index in [9.17, 15) is 0 Å². The van der Waals surface area contributed by atoms with Gasteiger partial charge in [-0.1, -0.05) is 19.6 Å². The van der Waals surface area contributed by atoms with Crippen molar-refractivity contribution in [3.8, 4) is 0 Å². The summed E-state index contributed by atoms with van der Waals surface area (Å²) in [5.74, 6) is 0. The molecule has 55 valence electrons. The Labute approximate surface area is 85.1 Å². The minimum absolute atomic E-state index is 0. The van der Waals surface area contributed by atoms with Gasteiger partial charge < -0.3 is 0 Å². The van der Waals surface area contributed by atoms with Crippen LogP contribution in [0, 0.1) is 6.08 Å². The van der Waals surface area contributed by atoms with Crippen molar-refractivity contribution in [3.63, 3.8) is 0 Å². The summed E-state index contributed by atoms with van der Waals surface area (Å²) >= 11 is 0. The Bertz CT molecular complexity index is 93.1. The van der Waals surface area contributed by atoms with Crippen LogP contribution in [-0.4, -0.2) is 8.80 Å². The third-order valence-electron chi connectivity index (χ3n) is 0.586. The summed E-state index contributed by atoms with van der Waals surface area (Å²) in [6, 6.07) is 0. The second-order valence-electron chi connectivity index (χ2n) is 2.50. The summed E-state index contributed by atoms with van der Waals surface area (Å²) in [6.07, 6.45) is 10.0. The first-order chi connectivity index (χ1) is 4.23. The van der Waals surface area contributed by atoms with Gasteiger partial charge in [0.25, 0.3) is 0 Å². The van der Waals surface area contributed by atoms with Gasteiger partial charge in [0, 0.05) is 35.0 Å². The first-order valence-electron chi connectivity index (χ1n) is 3.22. The Morgan fingerprint density at radius 3 is 1.90 bits per heavy atom. The van der Waals surface area contributed by atoms with Crippen LogP contribution in [0.15, 0.2) is 18.2 Å². The van der Waals surface area contributed by atoms with E-state index in [-0.39, 0.29) is 35.0 Å². The molecule has 0 nitrogen and oxygen atoms in total. The van der Waals surface area contributed by atoms with Crippen LogP contribution in [0.25, 0.3) is 0 Å². The van der Waals surface area contributed by atoms with Gasteiger partial charge in [-0.15, -0.1) is 6.42 Å². The third kappa shape index (κ3) is 15.8. The predicted molar refractivity (Wildman–Crippen MR) is 44.9 cm³/mol. The van der Waals surface area contributed by atoms with Gasteiger partial charge in [0.2, 0.25) is 0 Å². The fourth-order valence-corrected chi connectivity index (χ4v) is 0.340. The number of allylic oxidation sites excluding steroid dienone is 4. The molecule has 0 aromatic heterocycles. The summed E-state index contributed by atoms with van der Waals surface area (Å²) in [7, 11) is 0.120. The SMILES string of the molecule is C[Si](C)C.[C-]1=CC=CC1.[Zr]. The van der Waals surface area contributed by atoms with Gasteiger partial charge in [-0.3, -0.25) is 6.08 Å².